The molecule has 0 spiro atoms. The Bertz CT molecular complexity index is 389. The standard InChI is InChI=1S/C11H16N4O/c1-9-14-10(16-15-9)2-7-13-8-11(3-4-11)5-6-12/h13H,2-5,7-8H2,1H3. The molecule has 0 atom stereocenters. The molecular weight excluding hydrogens is 204 g/mol. The van der Waals surface area contributed by atoms with Crippen LogP contribution in [0.15, 0.2) is 4.52 Å². The number of hydrogen-bond acceptors (Lipinski definition) is 5. The van der Waals surface area contributed by atoms with E-state index in [1.54, 1.807) is 0 Å². The highest BCUT2D eigenvalue weighted by Gasteiger charge is 2.41. The van der Waals surface area contributed by atoms with E-state index in [-0.39, 0.29) is 5.41 Å². The van der Waals surface area contributed by atoms with Crippen LogP contribution in [0.1, 0.15) is 31.0 Å². The number of rotatable bonds is 6. The van der Waals surface area contributed by atoms with Crippen LogP contribution in [-0.4, -0.2) is 23.2 Å². The van der Waals surface area contributed by atoms with Crippen molar-refractivity contribution in [2.75, 3.05) is 13.1 Å². The van der Waals surface area contributed by atoms with Crippen LogP contribution in [-0.2, 0) is 6.42 Å². The van der Waals surface area contributed by atoms with Gasteiger partial charge in [0.2, 0.25) is 5.89 Å². The number of hydrogen-bond donors (Lipinski definition) is 1. The summed E-state index contributed by atoms with van der Waals surface area (Å²) in [5, 5.41) is 15.7. The summed E-state index contributed by atoms with van der Waals surface area (Å²) in [6.07, 6.45) is 3.77. The predicted octanol–water partition coefficient (Wildman–Crippen LogP) is 1.20. The van der Waals surface area contributed by atoms with Crippen molar-refractivity contribution in [2.24, 2.45) is 5.41 Å². The van der Waals surface area contributed by atoms with Crippen LogP contribution in [0.5, 0.6) is 0 Å². The quantitative estimate of drug-likeness (QED) is 0.729. The molecule has 1 aliphatic carbocycles. The fourth-order valence-corrected chi connectivity index (χ4v) is 1.75. The average Bonchev–Trinajstić information content (AvgIpc) is 2.90. The highest BCUT2D eigenvalue weighted by molar-refractivity contribution is 5.00. The summed E-state index contributed by atoms with van der Waals surface area (Å²) in [6.45, 7) is 3.56. The van der Waals surface area contributed by atoms with Gasteiger partial charge >= 0.3 is 0 Å². The first-order chi connectivity index (χ1) is 7.74. The second-order valence-electron chi connectivity index (χ2n) is 4.50. The van der Waals surface area contributed by atoms with E-state index in [1.807, 2.05) is 6.92 Å². The Morgan fingerprint density at radius 3 is 2.94 bits per heavy atom. The minimum atomic E-state index is 0.263. The van der Waals surface area contributed by atoms with Gasteiger partial charge in [0.1, 0.15) is 0 Å². The molecule has 0 unspecified atom stereocenters. The summed E-state index contributed by atoms with van der Waals surface area (Å²) in [4.78, 5) is 4.13. The molecule has 1 N–H and O–H groups in total. The number of nitriles is 1. The van der Waals surface area contributed by atoms with Crippen LogP contribution in [0.25, 0.3) is 0 Å². The second-order valence-corrected chi connectivity index (χ2v) is 4.50. The zero-order chi connectivity index (χ0) is 11.4. The molecule has 1 saturated carbocycles. The van der Waals surface area contributed by atoms with E-state index in [1.165, 1.54) is 12.8 Å². The third-order valence-corrected chi connectivity index (χ3v) is 3.00. The summed E-state index contributed by atoms with van der Waals surface area (Å²) in [5.41, 5.74) is 0.263. The molecule has 1 heterocycles. The SMILES string of the molecule is Cc1noc(CCNCC2(CC#N)CC2)n1. The summed E-state index contributed by atoms with van der Waals surface area (Å²) in [7, 11) is 0. The monoisotopic (exact) mass is 220 g/mol. The lowest BCUT2D eigenvalue weighted by atomic mass is 10.0. The van der Waals surface area contributed by atoms with Crippen LogP contribution in [0.2, 0.25) is 0 Å². The van der Waals surface area contributed by atoms with Crippen LogP contribution in [0, 0.1) is 23.7 Å². The van der Waals surface area contributed by atoms with E-state index >= 15 is 0 Å². The number of aryl methyl sites for hydroxylation is 1. The first-order valence-corrected chi connectivity index (χ1v) is 5.61. The first kappa shape index (κ1) is 11.1. The molecule has 1 aromatic heterocycles. The number of aromatic nitrogens is 2. The van der Waals surface area contributed by atoms with Gasteiger partial charge < -0.3 is 9.84 Å². The fourth-order valence-electron chi connectivity index (χ4n) is 1.75. The van der Waals surface area contributed by atoms with E-state index in [0.29, 0.717) is 18.1 Å². The van der Waals surface area contributed by atoms with Gasteiger partial charge in [0.05, 0.1) is 6.07 Å². The van der Waals surface area contributed by atoms with E-state index < -0.39 is 0 Å². The molecule has 0 bridgehead atoms. The molecule has 0 amide bonds. The summed E-state index contributed by atoms with van der Waals surface area (Å²) < 4.78 is 5.01. The molecular formula is C11H16N4O. The minimum Gasteiger partial charge on any atom is -0.339 e. The van der Waals surface area contributed by atoms with Gasteiger partial charge in [-0.1, -0.05) is 5.16 Å². The van der Waals surface area contributed by atoms with Gasteiger partial charge in [0.25, 0.3) is 0 Å². The molecule has 2 rings (SSSR count). The lowest BCUT2D eigenvalue weighted by Crippen LogP contribution is -2.25. The smallest absolute Gasteiger partial charge is 0.227 e. The Morgan fingerprint density at radius 1 is 1.56 bits per heavy atom. The van der Waals surface area contributed by atoms with Crippen molar-refractivity contribution in [2.45, 2.75) is 32.6 Å². The van der Waals surface area contributed by atoms with Gasteiger partial charge in [-0.15, -0.1) is 0 Å². The second kappa shape index (κ2) is 4.62. The summed E-state index contributed by atoms with van der Waals surface area (Å²) in [6, 6.07) is 2.25. The van der Waals surface area contributed by atoms with Gasteiger partial charge in [-0.3, -0.25) is 0 Å². The first-order valence-electron chi connectivity index (χ1n) is 5.61. The lowest BCUT2D eigenvalue weighted by Gasteiger charge is -2.10. The Morgan fingerprint density at radius 2 is 2.38 bits per heavy atom. The Balaban J connectivity index is 1.64. The van der Waals surface area contributed by atoms with E-state index in [4.69, 9.17) is 9.78 Å². The number of nitrogens with one attached hydrogen (secondary N) is 1. The summed E-state index contributed by atoms with van der Waals surface area (Å²) >= 11 is 0. The van der Waals surface area contributed by atoms with Gasteiger partial charge in [-0.05, 0) is 25.2 Å². The van der Waals surface area contributed by atoms with Gasteiger partial charge in [-0.25, -0.2) is 0 Å². The zero-order valence-corrected chi connectivity index (χ0v) is 9.49. The van der Waals surface area contributed by atoms with E-state index in [0.717, 1.165) is 19.5 Å². The molecule has 5 heteroatoms. The van der Waals surface area contributed by atoms with Crippen molar-refractivity contribution in [3.8, 4) is 6.07 Å². The third kappa shape index (κ3) is 2.80. The van der Waals surface area contributed by atoms with Crippen LogP contribution >= 0.6 is 0 Å². The molecule has 1 aliphatic rings. The van der Waals surface area contributed by atoms with Crippen molar-refractivity contribution in [3.63, 3.8) is 0 Å². The molecule has 0 aliphatic heterocycles. The van der Waals surface area contributed by atoms with Crippen molar-refractivity contribution in [1.29, 1.82) is 5.26 Å². The minimum absolute atomic E-state index is 0.263. The van der Waals surface area contributed by atoms with E-state index in [2.05, 4.69) is 21.5 Å². The predicted molar refractivity (Wildman–Crippen MR) is 57.5 cm³/mol. The molecule has 16 heavy (non-hydrogen) atoms. The fraction of sp³-hybridized carbons (Fsp3) is 0.727. The molecule has 0 radical (unpaired) electrons. The highest BCUT2D eigenvalue weighted by atomic mass is 16.5. The number of nitrogens with zero attached hydrogens (tertiary/aromatic N) is 3. The maximum absolute atomic E-state index is 8.67. The van der Waals surface area contributed by atoms with Crippen LogP contribution < -0.4 is 5.32 Å². The Kier molecular flexibility index (Phi) is 3.20. The molecule has 1 aromatic rings. The Hall–Kier alpha value is -1.41. The van der Waals surface area contributed by atoms with E-state index in [9.17, 15) is 0 Å². The summed E-state index contributed by atoms with van der Waals surface area (Å²) in [5.74, 6) is 1.35. The van der Waals surface area contributed by atoms with Crippen molar-refractivity contribution < 1.29 is 4.52 Å². The van der Waals surface area contributed by atoms with Crippen molar-refractivity contribution in [1.82, 2.24) is 15.5 Å². The normalized spacial score (nSPS) is 17.0. The lowest BCUT2D eigenvalue weighted by molar-refractivity contribution is 0.368. The largest absolute Gasteiger partial charge is 0.339 e. The Labute approximate surface area is 94.8 Å². The molecule has 0 aromatic carbocycles. The van der Waals surface area contributed by atoms with Gasteiger partial charge in [0, 0.05) is 25.9 Å². The third-order valence-electron chi connectivity index (χ3n) is 3.00. The molecule has 86 valence electrons. The van der Waals surface area contributed by atoms with Crippen LogP contribution in [0.4, 0.5) is 0 Å². The average molecular weight is 220 g/mol. The van der Waals surface area contributed by atoms with Crippen molar-refractivity contribution in [3.05, 3.63) is 11.7 Å². The highest BCUT2D eigenvalue weighted by Crippen LogP contribution is 2.47. The van der Waals surface area contributed by atoms with Crippen LogP contribution in [0.3, 0.4) is 0 Å². The maximum atomic E-state index is 8.67. The van der Waals surface area contributed by atoms with Gasteiger partial charge in [-0.2, -0.15) is 10.2 Å². The molecule has 0 saturated heterocycles. The maximum Gasteiger partial charge on any atom is 0.227 e. The van der Waals surface area contributed by atoms with Crippen molar-refractivity contribution >= 4 is 0 Å². The zero-order valence-electron chi connectivity index (χ0n) is 9.49. The topological polar surface area (TPSA) is 74.7 Å². The molecule has 1 fully saturated rings. The molecule has 5 nitrogen and oxygen atoms in total. The van der Waals surface area contributed by atoms with Gasteiger partial charge in [0.15, 0.2) is 5.82 Å².